The van der Waals surface area contributed by atoms with Gasteiger partial charge in [0.15, 0.2) is 0 Å². The van der Waals surface area contributed by atoms with Crippen LogP contribution in [-0.4, -0.2) is 21.0 Å². The van der Waals surface area contributed by atoms with Gasteiger partial charge < -0.3 is 5.11 Å². The highest BCUT2D eigenvalue weighted by Gasteiger charge is 2.32. The minimum Gasteiger partial charge on any atom is -0.481 e. The summed E-state index contributed by atoms with van der Waals surface area (Å²) in [5.74, 6) is -1.01. The number of benzene rings is 1. The molecule has 0 amide bonds. The molecule has 0 atom stereocenters. The third-order valence-corrected chi connectivity index (χ3v) is 4.42. The molecular weight excluding hydrogens is 369 g/mol. The monoisotopic (exact) mass is 386 g/mol. The van der Waals surface area contributed by atoms with Gasteiger partial charge in [-0.2, -0.15) is 13.2 Å². The standard InChI is InChI=1S/C21H17F3N2O2/c1-20(2,19(27)28)18-11-5-10-17(26-18)16-9-4-8-15(25-16)13-6-3-7-14(12-13)21(22,23)24/h3-12H,1-2H3,(H,27,28). The van der Waals surface area contributed by atoms with Crippen molar-refractivity contribution in [2.75, 3.05) is 0 Å². The van der Waals surface area contributed by atoms with E-state index in [1.165, 1.54) is 6.07 Å². The lowest BCUT2D eigenvalue weighted by atomic mass is 9.89. The molecule has 3 rings (SSSR count). The molecule has 2 heterocycles. The molecule has 4 nitrogen and oxygen atoms in total. The van der Waals surface area contributed by atoms with Gasteiger partial charge in [-0.3, -0.25) is 9.78 Å². The lowest BCUT2D eigenvalue weighted by molar-refractivity contribution is -0.142. The van der Waals surface area contributed by atoms with Crippen LogP contribution in [0.15, 0.2) is 60.7 Å². The molecule has 1 aromatic carbocycles. The molecule has 0 radical (unpaired) electrons. The summed E-state index contributed by atoms with van der Waals surface area (Å²) in [7, 11) is 0. The first-order valence-electron chi connectivity index (χ1n) is 8.45. The zero-order chi connectivity index (χ0) is 20.5. The Kier molecular flexibility index (Phi) is 4.93. The first-order chi connectivity index (χ1) is 13.1. The van der Waals surface area contributed by atoms with Crippen LogP contribution >= 0.6 is 0 Å². The summed E-state index contributed by atoms with van der Waals surface area (Å²) < 4.78 is 38.9. The number of alkyl halides is 3. The van der Waals surface area contributed by atoms with Crippen molar-refractivity contribution in [1.82, 2.24) is 9.97 Å². The van der Waals surface area contributed by atoms with Crippen molar-refractivity contribution < 1.29 is 23.1 Å². The van der Waals surface area contributed by atoms with Gasteiger partial charge in [0.1, 0.15) is 5.41 Å². The van der Waals surface area contributed by atoms with Gasteiger partial charge in [-0.15, -0.1) is 0 Å². The summed E-state index contributed by atoms with van der Waals surface area (Å²) in [6.07, 6.45) is -4.44. The number of aliphatic carboxylic acids is 1. The van der Waals surface area contributed by atoms with Crippen LogP contribution in [0.2, 0.25) is 0 Å². The zero-order valence-corrected chi connectivity index (χ0v) is 15.2. The van der Waals surface area contributed by atoms with Gasteiger partial charge in [0.2, 0.25) is 0 Å². The van der Waals surface area contributed by atoms with Crippen LogP contribution in [-0.2, 0) is 16.4 Å². The van der Waals surface area contributed by atoms with Crippen LogP contribution in [0.3, 0.4) is 0 Å². The number of pyridine rings is 2. The number of rotatable bonds is 4. The molecule has 0 spiro atoms. The Morgan fingerprint density at radius 2 is 1.43 bits per heavy atom. The van der Waals surface area contributed by atoms with Crippen molar-refractivity contribution in [3.8, 4) is 22.6 Å². The van der Waals surface area contributed by atoms with Gasteiger partial charge in [-0.1, -0.05) is 24.3 Å². The summed E-state index contributed by atoms with van der Waals surface area (Å²) >= 11 is 0. The van der Waals surface area contributed by atoms with E-state index in [-0.39, 0.29) is 0 Å². The topological polar surface area (TPSA) is 63.1 Å². The van der Waals surface area contributed by atoms with Crippen LogP contribution in [0, 0.1) is 0 Å². The number of halogens is 3. The average molecular weight is 386 g/mol. The quantitative estimate of drug-likeness (QED) is 0.670. The summed E-state index contributed by atoms with van der Waals surface area (Å²) in [6, 6.07) is 14.9. The first-order valence-corrected chi connectivity index (χ1v) is 8.45. The van der Waals surface area contributed by atoms with Gasteiger partial charge in [0, 0.05) is 5.56 Å². The highest BCUT2D eigenvalue weighted by Crippen LogP contribution is 2.32. The molecular formula is C21H17F3N2O2. The summed E-state index contributed by atoms with van der Waals surface area (Å²) in [4.78, 5) is 20.3. The summed E-state index contributed by atoms with van der Waals surface area (Å²) in [5.41, 5.74) is 0.0178. The van der Waals surface area contributed by atoms with Gasteiger partial charge in [-0.25, -0.2) is 4.98 Å². The number of hydrogen-bond acceptors (Lipinski definition) is 3. The van der Waals surface area contributed by atoms with Crippen molar-refractivity contribution in [3.63, 3.8) is 0 Å². The number of aromatic nitrogens is 2. The maximum atomic E-state index is 13.0. The molecule has 144 valence electrons. The zero-order valence-electron chi connectivity index (χ0n) is 15.2. The van der Waals surface area contributed by atoms with E-state index >= 15 is 0 Å². The molecule has 0 aliphatic heterocycles. The number of nitrogens with zero attached hydrogens (tertiary/aromatic N) is 2. The summed E-state index contributed by atoms with van der Waals surface area (Å²) in [6.45, 7) is 3.10. The molecule has 7 heteroatoms. The van der Waals surface area contributed by atoms with Gasteiger partial charge in [-0.05, 0) is 50.2 Å². The third kappa shape index (κ3) is 3.88. The van der Waals surface area contributed by atoms with Crippen LogP contribution in [0.5, 0.6) is 0 Å². The molecule has 0 saturated heterocycles. The molecule has 1 N–H and O–H groups in total. The van der Waals surface area contributed by atoms with E-state index in [1.54, 1.807) is 56.3 Å². The largest absolute Gasteiger partial charge is 0.481 e. The number of hydrogen-bond donors (Lipinski definition) is 1. The Morgan fingerprint density at radius 3 is 2.07 bits per heavy atom. The number of carboxylic acid groups (broad SMARTS) is 1. The van der Waals surface area contributed by atoms with Crippen LogP contribution in [0.4, 0.5) is 13.2 Å². The van der Waals surface area contributed by atoms with E-state index in [1.807, 2.05) is 0 Å². The van der Waals surface area contributed by atoms with E-state index in [9.17, 15) is 23.1 Å². The van der Waals surface area contributed by atoms with Crippen LogP contribution in [0.1, 0.15) is 25.1 Å². The van der Waals surface area contributed by atoms with Gasteiger partial charge in [0.05, 0.1) is 28.3 Å². The molecule has 0 aliphatic carbocycles. The maximum Gasteiger partial charge on any atom is 0.416 e. The Morgan fingerprint density at radius 1 is 0.857 bits per heavy atom. The van der Waals surface area contributed by atoms with Crippen molar-refractivity contribution in [2.24, 2.45) is 0 Å². The molecule has 0 aliphatic rings. The van der Waals surface area contributed by atoms with Crippen molar-refractivity contribution in [1.29, 1.82) is 0 Å². The second-order valence-electron chi connectivity index (χ2n) is 6.82. The molecule has 0 fully saturated rings. The second-order valence-corrected chi connectivity index (χ2v) is 6.82. The van der Waals surface area contributed by atoms with Crippen molar-refractivity contribution in [3.05, 3.63) is 71.9 Å². The van der Waals surface area contributed by atoms with E-state index in [0.29, 0.717) is 28.3 Å². The Bertz CT molecular complexity index is 1030. The molecule has 0 saturated carbocycles. The predicted octanol–water partition coefficient (Wildman–Crippen LogP) is 5.19. The Balaban J connectivity index is 2.03. The van der Waals surface area contributed by atoms with E-state index in [2.05, 4.69) is 9.97 Å². The predicted molar refractivity (Wildman–Crippen MR) is 98.6 cm³/mol. The fourth-order valence-electron chi connectivity index (χ4n) is 2.63. The Labute approximate surface area is 159 Å². The number of carbonyl (C=O) groups is 1. The maximum absolute atomic E-state index is 13.0. The first kappa shape index (κ1) is 19.5. The molecule has 0 unspecified atom stereocenters. The van der Waals surface area contributed by atoms with E-state index < -0.39 is 23.1 Å². The lowest BCUT2D eigenvalue weighted by Crippen LogP contribution is -2.29. The third-order valence-electron chi connectivity index (χ3n) is 4.42. The van der Waals surface area contributed by atoms with E-state index in [4.69, 9.17) is 0 Å². The van der Waals surface area contributed by atoms with Crippen molar-refractivity contribution in [2.45, 2.75) is 25.4 Å². The second kappa shape index (κ2) is 7.07. The Hall–Kier alpha value is -3.22. The van der Waals surface area contributed by atoms with Crippen molar-refractivity contribution >= 4 is 5.97 Å². The minimum atomic E-state index is -4.44. The van der Waals surface area contributed by atoms with Crippen LogP contribution in [0.25, 0.3) is 22.6 Å². The lowest BCUT2D eigenvalue weighted by Gasteiger charge is -2.19. The fraction of sp³-hybridized carbons (Fsp3) is 0.190. The summed E-state index contributed by atoms with van der Waals surface area (Å²) in [5, 5.41) is 9.39. The van der Waals surface area contributed by atoms with E-state index in [0.717, 1.165) is 12.1 Å². The average Bonchev–Trinajstić information content (AvgIpc) is 2.67. The minimum absolute atomic E-state index is 0.332. The van der Waals surface area contributed by atoms with Gasteiger partial charge >= 0.3 is 12.1 Å². The number of carboxylic acids is 1. The van der Waals surface area contributed by atoms with Crippen LogP contribution < -0.4 is 0 Å². The highest BCUT2D eigenvalue weighted by atomic mass is 19.4. The molecule has 28 heavy (non-hydrogen) atoms. The molecule has 2 aromatic heterocycles. The smallest absolute Gasteiger partial charge is 0.416 e. The van der Waals surface area contributed by atoms with Gasteiger partial charge in [0.25, 0.3) is 0 Å². The SMILES string of the molecule is CC(C)(C(=O)O)c1cccc(-c2cccc(-c3cccc(C(F)(F)F)c3)n2)n1. The highest BCUT2D eigenvalue weighted by molar-refractivity contribution is 5.79. The normalized spacial score (nSPS) is 12.0. The molecule has 3 aromatic rings. The molecule has 0 bridgehead atoms. The fourth-order valence-corrected chi connectivity index (χ4v) is 2.63.